The van der Waals surface area contributed by atoms with Crippen molar-refractivity contribution >= 4 is 45.1 Å². The highest BCUT2D eigenvalue weighted by atomic mass is 32.1. The Morgan fingerprint density at radius 3 is 2.49 bits per heavy atom. The van der Waals surface area contributed by atoms with Gasteiger partial charge in [0.05, 0.1) is 19.1 Å². The topological polar surface area (TPSA) is 110 Å². The Morgan fingerprint density at radius 2 is 1.80 bits per heavy atom. The third-order valence-electron chi connectivity index (χ3n) is 5.35. The Labute approximate surface area is 207 Å². The lowest BCUT2D eigenvalue weighted by Crippen LogP contribution is -2.28. The Bertz CT molecular complexity index is 1200. The molecule has 1 aromatic heterocycles. The predicted octanol–water partition coefficient (Wildman–Crippen LogP) is 4.77. The normalized spacial score (nSPS) is 15.1. The minimum absolute atomic E-state index is 0.104. The van der Waals surface area contributed by atoms with Gasteiger partial charge in [-0.2, -0.15) is 0 Å². The minimum atomic E-state index is -0.619. The van der Waals surface area contributed by atoms with Crippen molar-refractivity contribution in [3.05, 3.63) is 54.6 Å². The molecular formula is C25H26N4O5S. The van der Waals surface area contributed by atoms with Crippen LogP contribution in [0.15, 0.2) is 54.6 Å². The van der Waals surface area contributed by atoms with Crippen LogP contribution in [-0.4, -0.2) is 42.7 Å². The number of benzene rings is 2. The molecule has 2 aromatic carbocycles. The molecule has 1 aliphatic rings. The van der Waals surface area contributed by atoms with Crippen molar-refractivity contribution < 1.29 is 23.9 Å². The maximum atomic E-state index is 13.2. The number of ether oxygens (including phenoxy) is 2. The zero-order chi connectivity index (χ0) is 24.8. The predicted molar refractivity (Wildman–Crippen MR) is 135 cm³/mol. The fourth-order valence-electron chi connectivity index (χ4n) is 3.74. The summed E-state index contributed by atoms with van der Waals surface area (Å²) in [6, 6.07) is 16.6. The summed E-state index contributed by atoms with van der Waals surface area (Å²) in [5.41, 5.74) is 2.04. The summed E-state index contributed by atoms with van der Waals surface area (Å²) in [4.78, 5) is 43.8. The van der Waals surface area contributed by atoms with E-state index in [1.54, 1.807) is 24.0 Å². The van der Waals surface area contributed by atoms with E-state index in [2.05, 4.69) is 15.6 Å². The number of nitrogens with zero attached hydrogens (tertiary/aromatic N) is 2. The summed E-state index contributed by atoms with van der Waals surface area (Å²) in [7, 11) is 0. The van der Waals surface area contributed by atoms with Crippen molar-refractivity contribution in [1.82, 2.24) is 4.98 Å². The quantitative estimate of drug-likeness (QED) is 0.467. The maximum absolute atomic E-state index is 13.2. The van der Waals surface area contributed by atoms with Crippen LogP contribution in [0.2, 0.25) is 0 Å². The van der Waals surface area contributed by atoms with E-state index in [9.17, 15) is 14.4 Å². The largest absolute Gasteiger partial charge is 0.494 e. The molecule has 1 fully saturated rings. The molecule has 3 aromatic rings. The van der Waals surface area contributed by atoms with Crippen LogP contribution in [0.1, 0.15) is 20.3 Å². The highest BCUT2D eigenvalue weighted by Gasteiger charge is 2.35. The molecule has 1 aliphatic heterocycles. The highest BCUT2D eigenvalue weighted by molar-refractivity contribution is 7.20. The molecule has 4 rings (SSSR count). The number of aromatic nitrogens is 1. The van der Waals surface area contributed by atoms with E-state index in [1.807, 2.05) is 49.4 Å². The molecule has 9 nitrogen and oxygen atoms in total. The molecule has 182 valence electrons. The van der Waals surface area contributed by atoms with Gasteiger partial charge in [0, 0.05) is 24.2 Å². The number of hydrogen-bond acceptors (Lipinski definition) is 7. The first-order valence-corrected chi connectivity index (χ1v) is 12.1. The maximum Gasteiger partial charge on any atom is 0.413 e. The van der Waals surface area contributed by atoms with Crippen molar-refractivity contribution in [3.8, 4) is 17.0 Å². The number of thiazole rings is 1. The summed E-state index contributed by atoms with van der Waals surface area (Å²) in [6.45, 7) is 4.67. The van der Waals surface area contributed by atoms with E-state index >= 15 is 0 Å². The molecule has 0 spiro atoms. The summed E-state index contributed by atoms with van der Waals surface area (Å²) < 4.78 is 10.4. The van der Waals surface area contributed by atoms with Gasteiger partial charge in [0.25, 0.3) is 0 Å². The monoisotopic (exact) mass is 494 g/mol. The molecule has 1 saturated heterocycles. The highest BCUT2D eigenvalue weighted by Crippen LogP contribution is 2.37. The van der Waals surface area contributed by atoms with Gasteiger partial charge in [-0.25, -0.2) is 9.78 Å². The van der Waals surface area contributed by atoms with E-state index < -0.39 is 12.0 Å². The second-order valence-electron chi connectivity index (χ2n) is 7.73. The second-order valence-corrected chi connectivity index (χ2v) is 8.73. The molecule has 1 atom stereocenters. The van der Waals surface area contributed by atoms with E-state index in [1.165, 1.54) is 0 Å². The number of rotatable bonds is 8. The first-order valence-electron chi connectivity index (χ1n) is 11.3. The van der Waals surface area contributed by atoms with Gasteiger partial charge in [-0.3, -0.25) is 14.9 Å². The lowest BCUT2D eigenvalue weighted by Gasteiger charge is -2.17. The van der Waals surface area contributed by atoms with Crippen molar-refractivity contribution in [2.45, 2.75) is 20.3 Å². The van der Waals surface area contributed by atoms with Gasteiger partial charge in [-0.05, 0) is 38.1 Å². The molecule has 0 saturated carbocycles. The number of anilines is 3. The third kappa shape index (κ3) is 5.78. The molecule has 1 unspecified atom stereocenters. The van der Waals surface area contributed by atoms with E-state index in [4.69, 9.17) is 9.47 Å². The Kier molecular flexibility index (Phi) is 7.61. The van der Waals surface area contributed by atoms with Crippen LogP contribution in [0.3, 0.4) is 0 Å². The zero-order valence-corrected chi connectivity index (χ0v) is 20.3. The molecule has 2 heterocycles. The first-order chi connectivity index (χ1) is 17.0. The van der Waals surface area contributed by atoms with E-state index in [-0.39, 0.29) is 31.4 Å². The lowest BCUT2D eigenvalue weighted by atomic mass is 10.1. The third-order valence-corrected chi connectivity index (χ3v) is 6.24. The van der Waals surface area contributed by atoms with Crippen LogP contribution in [0.25, 0.3) is 11.3 Å². The second kappa shape index (κ2) is 11.0. The van der Waals surface area contributed by atoms with Gasteiger partial charge in [0.2, 0.25) is 11.8 Å². The number of nitrogens with one attached hydrogen (secondary N) is 2. The van der Waals surface area contributed by atoms with Gasteiger partial charge < -0.3 is 19.7 Å². The van der Waals surface area contributed by atoms with E-state index in [0.717, 1.165) is 28.3 Å². The van der Waals surface area contributed by atoms with Crippen molar-refractivity contribution in [2.24, 2.45) is 5.92 Å². The summed E-state index contributed by atoms with van der Waals surface area (Å²) >= 11 is 1.13. The Balaban J connectivity index is 1.50. The van der Waals surface area contributed by atoms with E-state index in [0.29, 0.717) is 22.4 Å². The fraction of sp³-hybridized carbons (Fsp3) is 0.280. The number of amides is 3. The first kappa shape index (κ1) is 24.2. The molecule has 35 heavy (non-hydrogen) atoms. The lowest BCUT2D eigenvalue weighted by molar-refractivity contribution is -0.122. The summed E-state index contributed by atoms with van der Waals surface area (Å²) in [5.74, 6) is -0.203. The molecule has 0 radical (unpaired) electrons. The smallest absolute Gasteiger partial charge is 0.413 e. The van der Waals surface area contributed by atoms with Gasteiger partial charge in [-0.1, -0.05) is 41.7 Å². The SMILES string of the molecule is CCOC(=O)Nc1nc(-c2ccccc2)c(NC(=O)C2CC(=O)N(c3ccc(OCC)cc3)C2)s1. The van der Waals surface area contributed by atoms with Crippen molar-refractivity contribution in [3.63, 3.8) is 0 Å². The number of carbonyl (C=O) groups is 3. The Hall–Kier alpha value is -3.92. The van der Waals surface area contributed by atoms with Gasteiger partial charge in [0.15, 0.2) is 5.13 Å². The zero-order valence-electron chi connectivity index (χ0n) is 19.4. The molecule has 0 aliphatic carbocycles. The van der Waals surface area contributed by atoms with Crippen LogP contribution < -0.4 is 20.3 Å². The number of carbonyl (C=O) groups excluding carboxylic acids is 3. The molecule has 10 heteroatoms. The minimum Gasteiger partial charge on any atom is -0.494 e. The van der Waals surface area contributed by atoms with Crippen molar-refractivity contribution in [1.29, 1.82) is 0 Å². The summed E-state index contributed by atoms with van der Waals surface area (Å²) in [6.07, 6.45) is -0.516. The van der Waals surface area contributed by atoms with Gasteiger partial charge in [-0.15, -0.1) is 0 Å². The number of hydrogen-bond donors (Lipinski definition) is 2. The van der Waals surface area contributed by atoms with Crippen molar-refractivity contribution in [2.75, 3.05) is 35.3 Å². The van der Waals surface area contributed by atoms with Crippen LogP contribution in [0.5, 0.6) is 5.75 Å². The average molecular weight is 495 g/mol. The molecule has 3 amide bonds. The molecular weight excluding hydrogens is 468 g/mol. The van der Waals surface area contributed by atoms with Crippen LogP contribution in [0.4, 0.5) is 20.6 Å². The molecule has 0 bridgehead atoms. The standard InChI is InChI=1S/C25H26N4O5S/c1-3-33-19-12-10-18(11-13-19)29-15-17(14-20(29)30)22(31)27-23-21(16-8-6-5-7-9-16)26-24(35-23)28-25(32)34-4-2/h5-13,17H,3-4,14-15H2,1-2H3,(H,27,31)(H,26,28,32). The Morgan fingerprint density at radius 1 is 1.06 bits per heavy atom. The van der Waals surface area contributed by atoms with Crippen LogP contribution >= 0.6 is 11.3 Å². The summed E-state index contributed by atoms with van der Waals surface area (Å²) in [5, 5.41) is 6.30. The van der Waals surface area contributed by atoms with Gasteiger partial charge in [0.1, 0.15) is 16.4 Å². The van der Waals surface area contributed by atoms with Crippen LogP contribution in [-0.2, 0) is 14.3 Å². The van der Waals surface area contributed by atoms with Crippen LogP contribution in [0, 0.1) is 5.92 Å². The average Bonchev–Trinajstić information content (AvgIpc) is 3.43. The fourth-order valence-corrected chi connectivity index (χ4v) is 4.62. The molecule has 2 N–H and O–H groups in total. The van der Waals surface area contributed by atoms with Gasteiger partial charge >= 0.3 is 6.09 Å².